The lowest BCUT2D eigenvalue weighted by Crippen LogP contribution is -2.06. The number of amides is 1. The third kappa shape index (κ3) is 2.88. The lowest BCUT2D eigenvalue weighted by molar-refractivity contribution is -0.130. The Bertz CT molecular complexity index is 423. The Kier molecular flexibility index (Phi) is 3.56. The van der Waals surface area contributed by atoms with Crippen LogP contribution in [-0.2, 0) is 9.59 Å². The average Bonchev–Trinajstić information content (AvgIpc) is 2.52. The molecule has 0 aliphatic carbocycles. The quantitative estimate of drug-likeness (QED) is 0.767. The highest BCUT2D eigenvalue weighted by atomic mass is 32.1. The number of thiazole rings is 1. The number of carboxylic acids is 1. The fourth-order valence-electron chi connectivity index (χ4n) is 0.986. The van der Waals surface area contributed by atoms with Crippen LogP contribution in [0.25, 0.3) is 5.57 Å². The van der Waals surface area contributed by atoms with Gasteiger partial charge in [0.2, 0.25) is 5.91 Å². The molecule has 1 rings (SSSR count). The molecule has 0 spiro atoms. The number of allylic oxidation sites excluding steroid dienone is 1. The maximum Gasteiger partial charge on any atom is 0.337 e. The van der Waals surface area contributed by atoms with E-state index >= 15 is 0 Å². The van der Waals surface area contributed by atoms with E-state index in [0.717, 1.165) is 0 Å². The Morgan fingerprint density at radius 1 is 1.60 bits per heavy atom. The second-order valence-electron chi connectivity index (χ2n) is 2.73. The van der Waals surface area contributed by atoms with Gasteiger partial charge in [0.1, 0.15) is 0 Å². The SMILES string of the molecule is CC=C(C(=O)O)c1csc(NC(C)=O)n1. The number of carboxylic acid groups (broad SMARTS) is 1. The van der Waals surface area contributed by atoms with Crippen molar-refractivity contribution < 1.29 is 14.7 Å². The molecule has 15 heavy (non-hydrogen) atoms. The number of hydrogen-bond donors (Lipinski definition) is 2. The lowest BCUT2D eigenvalue weighted by Gasteiger charge is -1.96. The van der Waals surface area contributed by atoms with Crippen molar-refractivity contribution in [2.75, 3.05) is 5.32 Å². The van der Waals surface area contributed by atoms with Crippen LogP contribution in [0.15, 0.2) is 11.5 Å². The number of anilines is 1. The van der Waals surface area contributed by atoms with Crippen LogP contribution in [0.3, 0.4) is 0 Å². The Morgan fingerprint density at radius 3 is 2.73 bits per heavy atom. The highest BCUT2D eigenvalue weighted by Crippen LogP contribution is 2.21. The first-order valence-electron chi connectivity index (χ1n) is 4.17. The summed E-state index contributed by atoms with van der Waals surface area (Å²) in [4.78, 5) is 25.5. The molecule has 0 aliphatic heterocycles. The second kappa shape index (κ2) is 4.70. The fraction of sp³-hybridized carbons (Fsp3) is 0.222. The monoisotopic (exact) mass is 226 g/mol. The average molecular weight is 226 g/mol. The highest BCUT2D eigenvalue weighted by molar-refractivity contribution is 7.14. The summed E-state index contributed by atoms with van der Waals surface area (Å²) in [6, 6.07) is 0. The van der Waals surface area contributed by atoms with Crippen LogP contribution < -0.4 is 5.32 Å². The van der Waals surface area contributed by atoms with E-state index in [1.165, 1.54) is 24.3 Å². The zero-order valence-electron chi connectivity index (χ0n) is 8.27. The van der Waals surface area contributed by atoms with Crippen molar-refractivity contribution in [3.8, 4) is 0 Å². The molecule has 0 saturated heterocycles. The predicted octanol–water partition coefficient (Wildman–Crippen LogP) is 1.59. The summed E-state index contributed by atoms with van der Waals surface area (Å²) >= 11 is 1.19. The molecule has 1 aromatic heterocycles. The van der Waals surface area contributed by atoms with Crippen LogP contribution in [-0.4, -0.2) is 22.0 Å². The van der Waals surface area contributed by atoms with Gasteiger partial charge in [0, 0.05) is 12.3 Å². The summed E-state index contributed by atoms with van der Waals surface area (Å²) in [6.45, 7) is 3.00. The first-order chi connectivity index (χ1) is 7.04. The first-order valence-corrected chi connectivity index (χ1v) is 5.05. The van der Waals surface area contributed by atoms with Crippen molar-refractivity contribution in [1.29, 1.82) is 0 Å². The van der Waals surface area contributed by atoms with Gasteiger partial charge in [0.05, 0.1) is 11.3 Å². The van der Waals surface area contributed by atoms with Crippen LogP contribution in [0.5, 0.6) is 0 Å². The van der Waals surface area contributed by atoms with E-state index < -0.39 is 5.97 Å². The molecule has 80 valence electrons. The Morgan fingerprint density at radius 2 is 2.27 bits per heavy atom. The maximum absolute atomic E-state index is 10.8. The number of aliphatic carboxylic acids is 1. The standard InChI is InChI=1S/C9H10N2O3S/c1-3-6(8(13)14)7-4-15-9(11-7)10-5(2)12/h3-4H,1-2H3,(H,13,14)(H,10,11,12). The minimum atomic E-state index is -1.03. The van der Waals surface area contributed by atoms with Crippen molar-refractivity contribution in [2.45, 2.75) is 13.8 Å². The second-order valence-corrected chi connectivity index (χ2v) is 3.58. The summed E-state index contributed by atoms with van der Waals surface area (Å²) < 4.78 is 0. The summed E-state index contributed by atoms with van der Waals surface area (Å²) in [6.07, 6.45) is 1.47. The summed E-state index contributed by atoms with van der Waals surface area (Å²) in [5, 5.41) is 13.3. The Balaban J connectivity index is 2.93. The van der Waals surface area contributed by atoms with Crippen molar-refractivity contribution in [3.63, 3.8) is 0 Å². The first kappa shape index (κ1) is 11.4. The van der Waals surface area contributed by atoms with Gasteiger partial charge in [-0.3, -0.25) is 4.79 Å². The van der Waals surface area contributed by atoms with Gasteiger partial charge in [-0.1, -0.05) is 6.08 Å². The molecule has 2 N–H and O–H groups in total. The van der Waals surface area contributed by atoms with Gasteiger partial charge in [-0.25, -0.2) is 9.78 Å². The molecule has 0 aromatic carbocycles. The molecular weight excluding hydrogens is 216 g/mol. The molecule has 0 unspecified atom stereocenters. The van der Waals surface area contributed by atoms with Crippen molar-refractivity contribution in [2.24, 2.45) is 0 Å². The van der Waals surface area contributed by atoms with Gasteiger partial charge in [0.25, 0.3) is 0 Å². The van der Waals surface area contributed by atoms with Crippen LogP contribution in [0, 0.1) is 0 Å². The van der Waals surface area contributed by atoms with E-state index in [-0.39, 0.29) is 11.5 Å². The number of nitrogens with zero attached hydrogens (tertiary/aromatic N) is 1. The normalized spacial score (nSPS) is 11.2. The predicted molar refractivity (Wildman–Crippen MR) is 57.7 cm³/mol. The zero-order valence-corrected chi connectivity index (χ0v) is 9.09. The number of carbonyl (C=O) groups is 2. The smallest absolute Gasteiger partial charge is 0.337 e. The van der Waals surface area contributed by atoms with E-state index in [4.69, 9.17) is 5.11 Å². The molecule has 1 heterocycles. The molecule has 0 aliphatic rings. The molecule has 0 saturated carbocycles. The number of hydrogen-bond acceptors (Lipinski definition) is 4. The van der Waals surface area contributed by atoms with E-state index in [9.17, 15) is 9.59 Å². The van der Waals surface area contributed by atoms with E-state index in [1.54, 1.807) is 12.3 Å². The third-order valence-electron chi connectivity index (χ3n) is 1.58. The molecular formula is C9H10N2O3S. The van der Waals surface area contributed by atoms with Crippen molar-refractivity contribution in [3.05, 3.63) is 17.2 Å². The van der Waals surface area contributed by atoms with Crippen LogP contribution in [0.1, 0.15) is 19.5 Å². The fourth-order valence-corrected chi connectivity index (χ4v) is 1.74. The molecule has 1 amide bonds. The van der Waals surface area contributed by atoms with Crippen molar-refractivity contribution in [1.82, 2.24) is 4.98 Å². The number of aromatic nitrogens is 1. The molecule has 0 radical (unpaired) electrons. The van der Waals surface area contributed by atoms with Gasteiger partial charge in [-0.2, -0.15) is 0 Å². The maximum atomic E-state index is 10.8. The van der Waals surface area contributed by atoms with Crippen LogP contribution in [0.4, 0.5) is 5.13 Å². The van der Waals surface area contributed by atoms with Crippen molar-refractivity contribution >= 4 is 33.9 Å². The van der Waals surface area contributed by atoms with Crippen LogP contribution in [0.2, 0.25) is 0 Å². The molecule has 5 nitrogen and oxygen atoms in total. The Labute approximate surface area is 90.5 Å². The topological polar surface area (TPSA) is 79.3 Å². The van der Waals surface area contributed by atoms with E-state index in [0.29, 0.717) is 10.8 Å². The largest absolute Gasteiger partial charge is 0.478 e. The number of nitrogens with one attached hydrogen (secondary N) is 1. The van der Waals surface area contributed by atoms with Gasteiger partial charge >= 0.3 is 5.97 Å². The molecule has 6 heteroatoms. The molecule has 1 aromatic rings. The minimum absolute atomic E-state index is 0.128. The van der Waals surface area contributed by atoms with Gasteiger partial charge in [-0.15, -0.1) is 11.3 Å². The van der Waals surface area contributed by atoms with Gasteiger partial charge < -0.3 is 10.4 Å². The summed E-state index contributed by atoms with van der Waals surface area (Å²) in [7, 11) is 0. The number of carbonyl (C=O) groups excluding carboxylic acids is 1. The third-order valence-corrected chi connectivity index (χ3v) is 2.34. The van der Waals surface area contributed by atoms with Crippen LogP contribution >= 0.6 is 11.3 Å². The molecule has 0 fully saturated rings. The zero-order chi connectivity index (χ0) is 11.4. The number of rotatable bonds is 3. The Hall–Kier alpha value is -1.69. The summed E-state index contributed by atoms with van der Waals surface area (Å²) in [5.41, 5.74) is 0.488. The van der Waals surface area contributed by atoms with Gasteiger partial charge in [0.15, 0.2) is 5.13 Å². The van der Waals surface area contributed by atoms with E-state index in [2.05, 4.69) is 10.3 Å². The lowest BCUT2D eigenvalue weighted by atomic mass is 10.2. The highest BCUT2D eigenvalue weighted by Gasteiger charge is 2.13. The minimum Gasteiger partial charge on any atom is -0.478 e. The summed E-state index contributed by atoms with van der Waals surface area (Å²) in [5.74, 6) is -1.26. The molecule has 0 atom stereocenters. The van der Waals surface area contributed by atoms with E-state index in [1.807, 2.05) is 0 Å². The van der Waals surface area contributed by atoms with Gasteiger partial charge in [-0.05, 0) is 6.92 Å². The molecule has 0 bridgehead atoms.